The number of hydrogen-bond donors (Lipinski definition) is 18. The maximum atomic E-state index is 15.0. The molecule has 2 heterocycles. The molecule has 0 bridgehead atoms. The number of carboxylic acid groups (broad SMARTS) is 6. The number of β-amino-alcohol motifs (C(OH)–C–C–N with tert-alkyl or cyclic N) is 1. The second-order valence-electron chi connectivity index (χ2n) is 25.8. The SMILES string of the molecule is CC(C)C[C@H](NC(=O)CN)C(=O)N[C@H](C)CSSC[C@H](NC(=O)[C@@H](CCC(=O)O)NC(=O)[C@H](CC1CNc2ccccc21)NC(=O)CN(CCN)CCNC(=O)[C@@H](CN(CCN(CC(=O)O)CC(=O)O)CC(=O)O)N(CC(=O)O)CC(=O)O)C(=O)N1C[C@H](O)C[C@H]1C(=O)NC(C=O)Cc1ccc(O)c(Cl)c1. The minimum absolute atomic E-state index is 0.00414. The van der Waals surface area contributed by atoms with Gasteiger partial charge in [-0.2, -0.15) is 0 Å². The molecule has 106 heavy (non-hydrogen) atoms. The van der Waals surface area contributed by atoms with Gasteiger partial charge >= 0.3 is 35.8 Å². The second kappa shape index (κ2) is 45.5. The number of nitrogens with two attached hydrogens (primary N) is 2. The molecule has 0 aliphatic carbocycles. The number of aliphatic hydroxyl groups excluding tert-OH is 1. The van der Waals surface area contributed by atoms with Gasteiger partial charge < -0.3 is 105 Å². The van der Waals surface area contributed by atoms with E-state index in [1.807, 2.05) is 13.8 Å². The van der Waals surface area contributed by atoms with Gasteiger partial charge in [0.2, 0.25) is 47.3 Å². The van der Waals surface area contributed by atoms with Crippen LogP contribution in [0.3, 0.4) is 0 Å². The average Bonchev–Trinajstić information content (AvgIpc) is 1.66. The number of nitrogens with zero attached hydrogens (tertiary/aromatic N) is 5. The molecule has 8 amide bonds. The summed E-state index contributed by atoms with van der Waals surface area (Å²) in [5.41, 5.74) is 13.3. The molecule has 41 heteroatoms. The highest BCUT2D eigenvalue weighted by Gasteiger charge is 2.43. The van der Waals surface area contributed by atoms with Gasteiger partial charge in [-0.1, -0.05) is 71.3 Å². The van der Waals surface area contributed by atoms with Gasteiger partial charge in [-0.25, -0.2) is 0 Å². The predicted molar refractivity (Wildman–Crippen MR) is 384 cm³/mol. The molecule has 2 aromatic rings. The number of phenolic OH excluding ortho intramolecular Hbond substituents is 1. The van der Waals surface area contributed by atoms with Crippen LogP contribution in [0, 0.1) is 5.92 Å². The molecular weight excluding hydrogens is 1460 g/mol. The molecule has 0 saturated carbocycles. The van der Waals surface area contributed by atoms with E-state index in [1.54, 1.807) is 31.2 Å². The lowest BCUT2D eigenvalue weighted by atomic mass is 9.93. The number of aromatic hydroxyl groups is 1. The third-order valence-electron chi connectivity index (χ3n) is 16.6. The number of carbonyl (C=O) groups excluding carboxylic acids is 9. The number of para-hydroxylation sites is 1. The average molecular weight is 1560 g/mol. The highest BCUT2D eigenvalue weighted by atomic mass is 35.5. The second-order valence-corrected chi connectivity index (χ2v) is 28.8. The Morgan fingerprint density at radius 3 is 1.86 bits per heavy atom. The quantitative estimate of drug-likeness (QED) is 0.0169. The first-order valence-electron chi connectivity index (χ1n) is 33.8. The van der Waals surface area contributed by atoms with Gasteiger partial charge in [0.05, 0.1) is 63.0 Å². The highest BCUT2D eigenvalue weighted by Crippen LogP contribution is 2.34. The third-order valence-corrected chi connectivity index (χ3v) is 19.5. The topological polar surface area (TPSA) is 582 Å². The predicted octanol–water partition coefficient (Wildman–Crippen LogP) is -4.40. The van der Waals surface area contributed by atoms with E-state index in [4.69, 9.17) is 23.1 Å². The first-order valence-corrected chi connectivity index (χ1v) is 36.6. The number of halogens is 1. The zero-order valence-corrected chi connectivity index (χ0v) is 61.1. The fourth-order valence-corrected chi connectivity index (χ4v) is 14.3. The largest absolute Gasteiger partial charge is 0.506 e. The Bertz CT molecular complexity index is 3370. The maximum Gasteiger partial charge on any atom is 0.317 e. The van der Waals surface area contributed by atoms with Gasteiger partial charge in [0.25, 0.3) is 0 Å². The number of carboxylic acids is 6. The summed E-state index contributed by atoms with van der Waals surface area (Å²) in [6, 6.07) is 0.436. The van der Waals surface area contributed by atoms with E-state index in [0.29, 0.717) is 17.5 Å². The molecule has 4 rings (SSSR count). The fourth-order valence-electron chi connectivity index (χ4n) is 11.7. The van der Waals surface area contributed by atoms with Crippen LogP contribution in [0.25, 0.3) is 0 Å². The number of phenols is 1. The van der Waals surface area contributed by atoms with Gasteiger partial charge in [-0.05, 0) is 67.9 Å². The number of anilines is 1. The molecule has 0 spiro atoms. The van der Waals surface area contributed by atoms with Crippen LogP contribution in [0.5, 0.6) is 5.75 Å². The van der Waals surface area contributed by atoms with Gasteiger partial charge in [0, 0.05) is 101 Å². The zero-order valence-electron chi connectivity index (χ0n) is 58.7. The number of aldehydes is 1. The molecule has 2 aromatic carbocycles. The molecule has 2 aliphatic heterocycles. The molecule has 588 valence electrons. The number of aliphatic hydroxyl groups is 1. The highest BCUT2D eigenvalue weighted by molar-refractivity contribution is 8.76. The first kappa shape index (κ1) is 89.4. The zero-order chi connectivity index (χ0) is 78.9. The first-order chi connectivity index (χ1) is 50.1. The van der Waals surface area contributed by atoms with Crippen molar-refractivity contribution in [3.05, 3.63) is 58.6 Å². The van der Waals surface area contributed by atoms with Crippen molar-refractivity contribution in [1.29, 1.82) is 0 Å². The molecule has 38 nitrogen and oxygen atoms in total. The number of aliphatic carboxylic acids is 6. The maximum absolute atomic E-state index is 15.0. The Morgan fingerprint density at radius 2 is 1.25 bits per heavy atom. The van der Waals surface area contributed by atoms with Crippen LogP contribution >= 0.6 is 33.2 Å². The van der Waals surface area contributed by atoms with E-state index < -0.39 is 215 Å². The summed E-state index contributed by atoms with van der Waals surface area (Å²) in [5, 5.41) is 101. The van der Waals surface area contributed by atoms with Crippen molar-refractivity contribution >= 4 is 128 Å². The molecule has 1 fully saturated rings. The monoisotopic (exact) mass is 1550 g/mol. The summed E-state index contributed by atoms with van der Waals surface area (Å²) >= 11 is 6.09. The summed E-state index contributed by atoms with van der Waals surface area (Å²) in [6.07, 6.45) is -2.50. The number of fused-ring (bicyclic) bond motifs is 1. The molecule has 0 aromatic heterocycles. The summed E-state index contributed by atoms with van der Waals surface area (Å²) in [7, 11) is 2.16. The number of likely N-dealkylation sites (tertiary alicyclic amines) is 1. The summed E-state index contributed by atoms with van der Waals surface area (Å²) in [6.45, 7) is -2.46. The lowest BCUT2D eigenvalue weighted by Gasteiger charge is -2.33. The number of carbonyl (C=O) groups is 15. The fraction of sp³-hybridized carbons (Fsp3) is 0.585. The summed E-state index contributed by atoms with van der Waals surface area (Å²) < 4.78 is 0. The minimum Gasteiger partial charge on any atom is -0.506 e. The number of benzene rings is 2. The Labute approximate surface area is 622 Å². The number of nitrogens with one attached hydrogen (secondary N) is 8. The molecule has 2 unspecified atom stereocenters. The Kier molecular flexibility index (Phi) is 38.4. The molecule has 10 atom stereocenters. The third kappa shape index (κ3) is 32.0. The number of hydrogen-bond acceptors (Lipinski definition) is 26. The molecule has 1 saturated heterocycles. The normalized spacial score (nSPS) is 16.6. The van der Waals surface area contributed by atoms with Crippen LogP contribution in [0.1, 0.15) is 69.9 Å². The summed E-state index contributed by atoms with van der Waals surface area (Å²) in [5.74, 6) is -16.6. The molecule has 0 radical (unpaired) electrons. The van der Waals surface area contributed by atoms with E-state index in [-0.39, 0.29) is 99.7 Å². The van der Waals surface area contributed by atoms with Gasteiger partial charge in [-0.3, -0.25) is 86.7 Å². The van der Waals surface area contributed by atoms with Gasteiger partial charge in [-0.15, -0.1) is 0 Å². The smallest absolute Gasteiger partial charge is 0.317 e. The molecule has 20 N–H and O–H groups in total. The Balaban J connectivity index is 1.65. The number of amides is 8. The van der Waals surface area contributed by atoms with E-state index in [9.17, 15) is 113 Å². The van der Waals surface area contributed by atoms with Crippen LogP contribution in [-0.2, 0) is 78.3 Å². The number of rotatable bonds is 51. The van der Waals surface area contributed by atoms with Crippen molar-refractivity contribution in [3.8, 4) is 5.75 Å². The van der Waals surface area contributed by atoms with Crippen molar-refractivity contribution in [2.24, 2.45) is 17.4 Å². The van der Waals surface area contributed by atoms with Crippen molar-refractivity contribution < 1.29 is 113 Å². The van der Waals surface area contributed by atoms with E-state index in [2.05, 4.69) is 42.5 Å². The van der Waals surface area contributed by atoms with Crippen molar-refractivity contribution in [3.63, 3.8) is 0 Å². The van der Waals surface area contributed by atoms with Gasteiger partial charge in [0.15, 0.2) is 0 Å². The van der Waals surface area contributed by atoms with E-state index >= 15 is 0 Å². The molecule has 2 aliphatic rings. The van der Waals surface area contributed by atoms with Gasteiger partial charge in [0.1, 0.15) is 48.3 Å². The van der Waals surface area contributed by atoms with Crippen LogP contribution in [-0.4, -0.2) is 325 Å². The van der Waals surface area contributed by atoms with E-state index in [0.717, 1.165) is 46.8 Å². The van der Waals surface area contributed by atoms with Crippen LogP contribution in [0.15, 0.2) is 42.5 Å². The lowest BCUT2D eigenvalue weighted by Crippen LogP contribution is -2.59. The summed E-state index contributed by atoms with van der Waals surface area (Å²) in [4.78, 5) is 202. The van der Waals surface area contributed by atoms with Crippen LogP contribution in [0.2, 0.25) is 5.02 Å². The van der Waals surface area contributed by atoms with Crippen molar-refractivity contribution in [1.82, 2.24) is 61.7 Å². The van der Waals surface area contributed by atoms with E-state index in [1.165, 1.54) is 23.1 Å². The molecular formula is C65H96ClN15O23S2. The van der Waals surface area contributed by atoms with Crippen LogP contribution < -0.4 is 54.0 Å². The van der Waals surface area contributed by atoms with Crippen molar-refractivity contribution in [2.45, 2.75) is 120 Å². The minimum atomic E-state index is -1.77. The Morgan fingerprint density at radius 1 is 0.660 bits per heavy atom. The Hall–Kier alpha value is -9.00. The standard InChI is InChI=1S/C65H96ClN15O23S2/c1-36(2)18-46(73-52(85)23-68)61(100)71-37(3)34-105-106-35-48(65(104)81-25-41(83)22-49(81)64(103)72-40(33-82)19-38-8-10-51(84)43(66)20-38)76-60(99)45(9-11-54(87)88)75-62(101)47(21-39-24-70-44-7-5-4-6-42(39)44)74-53(86)27-77(14-12-67)15-13-69-63(102)50(80(31-58(95)96)32-59(97)98)26-78(28-55(89)90)16-17-79(29-56(91)92)30-57(93)94/h4-8,10,20,33,36-37,39-41,45-50,70,83-84H,9,11-19,21-32,34-35,67-68H2,1-3H3,(H,69,102)(H,71,100)(H,72,103)(H,73,85)(H,74,86)(H,75,101)(H,76,99)(H,87,88)(H,89,90)(H,91,92)(H,93,94)(H,95,96)(H,97,98)/t37-,39?,40?,41-,45-,46+,47+,48+,49+,50-/m1/s1. The van der Waals surface area contributed by atoms with Crippen LogP contribution in [0.4, 0.5) is 5.69 Å². The van der Waals surface area contributed by atoms with Crippen molar-refractivity contribution in [2.75, 3.05) is 122 Å². The lowest BCUT2D eigenvalue weighted by molar-refractivity contribution is -0.146.